The monoisotopic (exact) mass is 415 g/mol. The Morgan fingerprint density at radius 1 is 1.00 bits per heavy atom. The van der Waals surface area contributed by atoms with E-state index in [0.29, 0.717) is 49.9 Å². The third kappa shape index (κ3) is 5.71. The number of hydrogen-bond acceptors (Lipinski definition) is 4. The molecule has 0 N–H and O–H groups in total. The Hall–Kier alpha value is -2.57. The molecule has 1 heterocycles. The zero-order valence-corrected chi connectivity index (χ0v) is 17.6. The molecule has 6 nitrogen and oxygen atoms in total. The van der Waals surface area contributed by atoms with Crippen LogP contribution in [0.25, 0.3) is 0 Å². The first-order valence-corrected chi connectivity index (χ1v) is 9.98. The van der Waals surface area contributed by atoms with Gasteiger partial charge >= 0.3 is 0 Å². The number of carbonyl (C=O) groups excluding carboxylic acids is 2. The van der Waals surface area contributed by atoms with Gasteiger partial charge in [0.1, 0.15) is 5.75 Å². The van der Waals surface area contributed by atoms with Crippen LogP contribution in [0.2, 0.25) is 5.02 Å². The van der Waals surface area contributed by atoms with Crippen LogP contribution in [0.1, 0.15) is 15.9 Å². The van der Waals surface area contributed by atoms with Gasteiger partial charge in [0, 0.05) is 50.4 Å². The van der Waals surface area contributed by atoms with Gasteiger partial charge in [0.2, 0.25) is 5.91 Å². The molecule has 0 aliphatic carbocycles. The first-order valence-electron chi connectivity index (χ1n) is 9.60. The highest BCUT2D eigenvalue weighted by atomic mass is 35.5. The minimum Gasteiger partial charge on any atom is -0.497 e. The van der Waals surface area contributed by atoms with Crippen LogP contribution < -0.4 is 4.74 Å². The largest absolute Gasteiger partial charge is 0.497 e. The average molecular weight is 416 g/mol. The molecule has 0 unspecified atom stereocenters. The second-order valence-corrected chi connectivity index (χ2v) is 7.61. The van der Waals surface area contributed by atoms with Gasteiger partial charge in [0.25, 0.3) is 5.91 Å². The zero-order chi connectivity index (χ0) is 20.8. The van der Waals surface area contributed by atoms with E-state index in [9.17, 15) is 9.59 Å². The Morgan fingerprint density at radius 2 is 1.62 bits per heavy atom. The van der Waals surface area contributed by atoms with Crippen LogP contribution in [0.3, 0.4) is 0 Å². The summed E-state index contributed by atoms with van der Waals surface area (Å²) < 4.78 is 5.16. The third-order valence-electron chi connectivity index (χ3n) is 5.11. The van der Waals surface area contributed by atoms with Crippen molar-refractivity contribution in [2.75, 3.05) is 46.9 Å². The number of likely N-dealkylation sites (N-methyl/N-ethyl adjacent to an activating group) is 1. The molecule has 154 valence electrons. The number of halogens is 1. The molecule has 0 atom stereocenters. The summed E-state index contributed by atoms with van der Waals surface area (Å²) in [5, 5.41) is 0.614. The summed E-state index contributed by atoms with van der Waals surface area (Å²) in [4.78, 5) is 30.8. The number of amides is 2. The van der Waals surface area contributed by atoms with Crippen molar-refractivity contribution in [2.45, 2.75) is 6.54 Å². The molecule has 0 radical (unpaired) electrons. The molecule has 3 rings (SSSR count). The minimum absolute atomic E-state index is 0.00395. The van der Waals surface area contributed by atoms with Crippen molar-refractivity contribution in [3.63, 3.8) is 0 Å². The van der Waals surface area contributed by atoms with Gasteiger partial charge in [-0.15, -0.1) is 0 Å². The maximum Gasteiger partial charge on any atom is 0.253 e. The molecule has 1 aliphatic heterocycles. The van der Waals surface area contributed by atoms with Gasteiger partial charge in [0.05, 0.1) is 13.7 Å². The van der Waals surface area contributed by atoms with Crippen molar-refractivity contribution in [1.82, 2.24) is 14.7 Å². The molecular formula is C22H26ClN3O3. The lowest BCUT2D eigenvalue weighted by Crippen LogP contribution is -2.51. The Morgan fingerprint density at radius 3 is 2.21 bits per heavy atom. The number of benzene rings is 2. The normalized spacial score (nSPS) is 14.5. The third-order valence-corrected chi connectivity index (χ3v) is 5.37. The van der Waals surface area contributed by atoms with Crippen LogP contribution in [0.15, 0.2) is 48.5 Å². The SMILES string of the molecule is COc1ccc(CN(C)C(=O)CN2CCN(C(=O)c3ccc(Cl)cc3)CC2)cc1. The van der Waals surface area contributed by atoms with Gasteiger partial charge in [0.15, 0.2) is 0 Å². The average Bonchev–Trinajstić information content (AvgIpc) is 2.75. The fourth-order valence-electron chi connectivity index (χ4n) is 3.29. The topological polar surface area (TPSA) is 53.1 Å². The van der Waals surface area contributed by atoms with Crippen molar-refractivity contribution < 1.29 is 14.3 Å². The van der Waals surface area contributed by atoms with Crippen molar-refractivity contribution in [3.8, 4) is 5.75 Å². The number of carbonyl (C=O) groups is 2. The van der Waals surface area contributed by atoms with Crippen LogP contribution in [-0.4, -0.2) is 73.4 Å². The molecule has 2 amide bonds. The number of nitrogens with zero attached hydrogens (tertiary/aromatic N) is 3. The lowest BCUT2D eigenvalue weighted by molar-refractivity contribution is -0.132. The van der Waals surface area contributed by atoms with Gasteiger partial charge in [-0.1, -0.05) is 23.7 Å². The fraction of sp³-hybridized carbons (Fsp3) is 0.364. The highest BCUT2D eigenvalue weighted by Gasteiger charge is 2.24. The maximum atomic E-state index is 12.6. The second kappa shape index (κ2) is 9.76. The summed E-state index contributed by atoms with van der Waals surface area (Å²) in [6.07, 6.45) is 0. The summed E-state index contributed by atoms with van der Waals surface area (Å²) in [5.74, 6) is 0.872. The quantitative estimate of drug-likeness (QED) is 0.728. The van der Waals surface area contributed by atoms with Gasteiger partial charge < -0.3 is 14.5 Å². The Balaban J connectivity index is 1.46. The first-order chi connectivity index (χ1) is 14.0. The van der Waals surface area contributed by atoms with E-state index in [0.717, 1.165) is 11.3 Å². The summed E-state index contributed by atoms with van der Waals surface area (Å²) in [6.45, 7) is 3.49. The van der Waals surface area contributed by atoms with E-state index in [4.69, 9.17) is 16.3 Å². The van der Waals surface area contributed by atoms with E-state index in [2.05, 4.69) is 4.90 Å². The molecule has 0 aromatic heterocycles. The molecular weight excluding hydrogens is 390 g/mol. The van der Waals surface area contributed by atoms with E-state index < -0.39 is 0 Å². The highest BCUT2D eigenvalue weighted by molar-refractivity contribution is 6.30. The number of piperazine rings is 1. The molecule has 0 bridgehead atoms. The van der Waals surface area contributed by atoms with E-state index in [1.165, 1.54) is 0 Å². The van der Waals surface area contributed by atoms with Crippen LogP contribution in [0.5, 0.6) is 5.75 Å². The van der Waals surface area contributed by atoms with Crippen LogP contribution in [-0.2, 0) is 11.3 Å². The molecule has 0 spiro atoms. The van der Waals surface area contributed by atoms with E-state index in [-0.39, 0.29) is 11.8 Å². The predicted octanol–water partition coefficient (Wildman–Crippen LogP) is 2.77. The molecule has 29 heavy (non-hydrogen) atoms. The molecule has 2 aromatic rings. The number of methoxy groups -OCH3 is 1. The number of ether oxygens (including phenoxy) is 1. The highest BCUT2D eigenvalue weighted by Crippen LogP contribution is 2.14. The Labute approximate surface area is 176 Å². The van der Waals surface area contributed by atoms with Crippen LogP contribution in [0.4, 0.5) is 0 Å². The fourth-order valence-corrected chi connectivity index (χ4v) is 3.42. The van der Waals surface area contributed by atoms with E-state index >= 15 is 0 Å². The number of hydrogen-bond donors (Lipinski definition) is 0. The Bertz CT molecular complexity index is 831. The smallest absolute Gasteiger partial charge is 0.253 e. The van der Waals surface area contributed by atoms with Crippen molar-refractivity contribution in [1.29, 1.82) is 0 Å². The lowest BCUT2D eigenvalue weighted by Gasteiger charge is -2.35. The van der Waals surface area contributed by atoms with Gasteiger partial charge in [-0.3, -0.25) is 14.5 Å². The molecule has 7 heteroatoms. The molecule has 1 fully saturated rings. The number of rotatable bonds is 6. The summed E-state index contributed by atoms with van der Waals surface area (Å²) in [7, 11) is 3.44. The Kier molecular flexibility index (Phi) is 7.12. The van der Waals surface area contributed by atoms with Gasteiger partial charge in [-0.2, -0.15) is 0 Å². The molecule has 1 saturated heterocycles. The lowest BCUT2D eigenvalue weighted by atomic mass is 10.2. The van der Waals surface area contributed by atoms with E-state index in [1.807, 2.05) is 36.2 Å². The van der Waals surface area contributed by atoms with Crippen LogP contribution >= 0.6 is 11.6 Å². The summed E-state index contributed by atoms with van der Waals surface area (Å²) in [5.41, 5.74) is 1.69. The molecule has 2 aromatic carbocycles. The van der Waals surface area contributed by atoms with Crippen molar-refractivity contribution >= 4 is 23.4 Å². The van der Waals surface area contributed by atoms with Gasteiger partial charge in [-0.05, 0) is 42.0 Å². The predicted molar refractivity (Wildman–Crippen MR) is 113 cm³/mol. The standard InChI is InChI=1S/C22H26ClN3O3/c1-24(15-17-3-9-20(29-2)10-4-17)21(27)16-25-11-13-26(14-12-25)22(28)18-5-7-19(23)8-6-18/h3-10H,11-16H2,1-2H3. The summed E-state index contributed by atoms with van der Waals surface area (Å²) >= 11 is 5.89. The van der Waals surface area contributed by atoms with Crippen LogP contribution in [0, 0.1) is 0 Å². The molecule has 1 aliphatic rings. The first kappa shape index (κ1) is 21.1. The van der Waals surface area contributed by atoms with Gasteiger partial charge in [-0.25, -0.2) is 0 Å². The zero-order valence-electron chi connectivity index (χ0n) is 16.8. The van der Waals surface area contributed by atoms with Crippen molar-refractivity contribution in [3.05, 3.63) is 64.7 Å². The molecule has 0 saturated carbocycles. The van der Waals surface area contributed by atoms with Crippen molar-refractivity contribution in [2.24, 2.45) is 0 Å². The van der Waals surface area contributed by atoms with E-state index in [1.54, 1.807) is 36.3 Å². The summed E-state index contributed by atoms with van der Waals surface area (Å²) in [6, 6.07) is 14.6. The second-order valence-electron chi connectivity index (χ2n) is 7.17. The minimum atomic E-state index is 0.00395. The maximum absolute atomic E-state index is 12.6.